The molecular formula is C6H12N2O2+. The van der Waals surface area contributed by atoms with Gasteiger partial charge in [-0.3, -0.25) is 0 Å². The van der Waals surface area contributed by atoms with Gasteiger partial charge in [0.25, 0.3) is 0 Å². The van der Waals surface area contributed by atoms with E-state index in [0.717, 1.165) is 0 Å². The van der Waals surface area contributed by atoms with Gasteiger partial charge in [0.05, 0.1) is 0 Å². The molecule has 0 saturated carbocycles. The average Bonchev–Trinajstić information content (AvgIpc) is 2.05. The molecule has 1 radical (unpaired) electrons. The third-order valence-electron chi connectivity index (χ3n) is 1.54. The Morgan fingerprint density at radius 2 is 2.10 bits per heavy atom. The Morgan fingerprint density at radius 3 is 2.60 bits per heavy atom. The van der Waals surface area contributed by atoms with Gasteiger partial charge in [0.1, 0.15) is 19.8 Å². The Kier molecular flexibility index (Phi) is 2.80. The highest BCUT2D eigenvalue weighted by Gasteiger charge is 2.26. The van der Waals surface area contributed by atoms with Gasteiger partial charge in [0, 0.05) is 0 Å². The first-order valence-corrected chi connectivity index (χ1v) is 3.40. The summed E-state index contributed by atoms with van der Waals surface area (Å²) >= 11 is 0. The van der Waals surface area contributed by atoms with Crippen molar-refractivity contribution in [3.05, 3.63) is 0 Å². The van der Waals surface area contributed by atoms with Crippen LogP contribution in [0.25, 0.3) is 0 Å². The van der Waals surface area contributed by atoms with Crippen LogP contribution in [0.1, 0.15) is 0 Å². The summed E-state index contributed by atoms with van der Waals surface area (Å²) in [5.41, 5.74) is 5.17. The summed E-state index contributed by atoms with van der Waals surface area (Å²) in [5.74, 6) is 0.0169. The largest absolute Gasteiger partial charge is 0.374 e. The lowest BCUT2D eigenvalue weighted by Gasteiger charge is -2.14. The molecule has 1 amide bonds. The van der Waals surface area contributed by atoms with E-state index in [1.807, 2.05) is 0 Å². The molecule has 4 heteroatoms. The number of ether oxygens (including phenoxy) is 1. The molecule has 2 N–H and O–H groups in total. The lowest BCUT2D eigenvalue weighted by atomic mass is 10.4. The number of hydrogen-bond donors (Lipinski definition) is 1. The van der Waals surface area contributed by atoms with Crippen molar-refractivity contribution >= 4 is 5.91 Å². The van der Waals surface area contributed by atoms with Crippen molar-refractivity contribution in [2.24, 2.45) is 5.73 Å². The van der Waals surface area contributed by atoms with Gasteiger partial charge in [-0.05, 0) is 0 Å². The van der Waals surface area contributed by atoms with Crippen LogP contribution < -0.4 is 10.6 Å². The van der Waals surface area contributed by atoms with Crippen molar-refractivity contribution in [2.75, 3.05) is 32.8 Å². The molecule has 10 heavy (non-hydrogen) atoms. The second-order valence-corrected chi connectivity index (χ2v) is 2.20. The van der Waals surface area contributed by atoms with Crippen molar-refractivity contribution in [1.29, 1.82) is 0 Å². The summed E-state index contributed by atoms with van der Waals surface area (Å²) in [6, 6.07) is 0. The number of morpholine rings is 1. The Labute approximate surface area is 59.9 Å². The molecule has 0 bridgehead atoms. The fourth-order valence-electron chi connectivity index (χ4n) is 0.942. The van der Waals surface area contributed by atoms with Crippen LogP contribution in [-0.2, 0) is 9.53 Å². The molecule has 0 aromatic carbocycles. The van der Waals surface area contributed by atoms with Crippen LogP contribution >= 0.6 is 0 Å². The van der Waals surface area contributed by atoms with Crippen LogP contribution in [0.5, 0.6) is 0 Å². The molecule has 0 aromatic heterocycles. The monoisotopic (exact) mass is 144 g/mol. The Hall–Kier alpha value is -0.450. The van der Waals surface area contributed by atoms with Crippen LogP contribution in [0.2, 0.25) is 0 Å². The van der Waals surface area contributed by atoms with Crippen LogP contribution in [0.4, 0.5) is 0 Å². The molecule has 1 rings (SSSR count). The van der Waals surface area contributed by atoms with Crippen LogP contribution in [-0.4, -0.2) is 38.8 Å². The number of nitrogens with two attached hydrogens (primary N) is 1. The zero-order chi connectivity index (χ0) is 7.40. The summed E-state index contributed by atoms with van der Waals surface area (Å²) in [6.07, 6.45) is 0. The summed E-state index contributed by atoms with van der Waals surface area (Å²) in [7, 11) is 0. The Balaban J connectivity index is 2.31. The standard InChI is InChI=1S/C6H12N2O2/c7-5-6(9)8-1-3-10-4-2-8/h1-5,7H2/q+1. The zero-order valence-electron chi connectivity index (χ0n) is 5.88. The van der Waals surface area contributed by atoms with Crippen LogP contribution in [0, 0.1) is 0 Å². The molecule has 4 nitrogen and oxygen atoms in total. The lowest BCUT2D eigenvalue weighted by molar-refractivity contribution is -0.126. The van der Waals surface area contributed by atoms with Gasteiger partial charge < -0.3 is 10.5 Å². The van der Waals surface area contributed by atoms with Gasteiger partial charge in [-0.25, -0.2) is 4.79 Å². The van der Waals surface area contributed by atoms with Crippen molar-refractivity contribution < 1.29 is 9.53 Å². The van der Waals surface area contributed by atoms with E-state index < -0.39 is 0 Å². The van der Waals surface area contributed by atoms with Crippen molar-refractivity contribution in [3.63, 3.8) is 0 Å². The quantitative estimate of drug-likeness (QED) is 0.462. The molecule has 0 unspecified atom stereocenters. The van der Waals surface area contributed by atoms with Gasteiger partial charge in [-0.15, -0.1) is 0 Å². The topological polar surface area (TPSA) is 58.2 Å². The molecule has 1 fully saturated rings. The number of amides is 1. The van der Waals surface area contributed by atoms with E-state index in [2.05, 4.69) is 0 Å². The molecule has 1 heterocycles. The van der Waals surface area contributed by atoms with Crippen LogP contribution in [0.15, 0.2) is 0 Å². The molecule has 0 aromatic rings. The molecule has 0 spiro atoms. The minimum atomic E-state index is 0.0169. The van der Waals surface area contributed by atoms with Gasteiger partial charge >= 0.3 is 5.91 Å². The van der Waals surface area contributed by atoms with Crippen molar-refractivity contribution in [1.82, 2.24) is 4.90 Å². The third kappa shape index (κ3) is 1.76. The number of carbonyl (C=O) groups is 1. The van der Waals surface area contributed by atoms with E-state index in [1.54, 1.807) is 4.90 Å². The van der Waals surface area contributed by atoms with E-state index in [9.17, 15) is 4.79 Å². The number of hydrogen-bond acceptors (Lipinski definition) is 3. The minimum Gasteiger partial charge on any atom is -0.369 e. The number of carbonyl (C=O) groups excluding carboxylic acids is 1. The number of nitrogens with zero attached hydrogens (tertiary/aromatic N) is 1. The van der Waals surface area contributed by atoms with Crippen LogP contribution in [0.3, 0.4) is 0 Å². The number of rotatable bonds is 1. The predicted octanol–water partition coefficient (Wildman–Crippen LogP) is -1.36. The van der Waals surface area contributed by atoms with Crippen molar-refractivity contribution in [3.8, 4) is 0 Å². The van der Waals surface area contributed by atoms with Gasteiger partial charge in [-0.1, -0.05) is 4.90 Å². The summed E-state index contributed by atoms with van der Waals surface area (Å²) in [6.45, 7) is 2.78. The van der Waals surface area contributed by atoms with E-state index in [1.165, 1.54) is 0 Å². The first kappa shape index (κ1) is 7.65. The van der Waals surface area contributed by atoms with E-state index in [-0.39, 0.29) is 12.5 Å². The SMILES string of the molecule is NCC(=O)[N+]1CCOCC1. The highest BCUT2D eigenvalue weighted by Crippen LogP contribution is 1.91. The second-order valence-electron chi connectivity index (χ2n) is 2.20. The fraction of sp³-hybridized carbons (Fsp3) is 0.833. The predicted molar refractivity (Wildman–Crippen MR) is 36.7 cm³/mol. The zero-order valence-corrected chi connectivity index (χ0v) is 5.88. The maximum atomic E-state index is 10.9. The van der Waals surface area contributed by atoms with Crippen molar-refractivity contribution in [2.45, 2.75) is 0 Å². The smallest absolute Gasteiger partial charge is 0.369 e. The lowest BCUT2D eigenvalue weighted by Crippen LogP contribution is -2.48. The molecule has 1 aliphatic heterocycles. The normalized spacial score (nSPS) is 20.9. The summed E-state index contributed by atoms with van der Waals surface area (Å²) < 4.78 is 5.06. The first-order valence-electron chi connectivity index (χ1n) is 3.40. The summed E-state index contributed by atoms with van der Waals surface area (Å²) in [5, 5.41) is 0. The molecular weight excluding hydrogens is 132 g/mol. The highest BCUT2D eigenvalue weighted by atomic mass is 16.5. The van der Waals surface area contributed by atoms with Gasteiger partial charge in [-0.2, -0.15) is 0 Å². The maximum absolute atomic E-state index is 10.9. The second kappa shape index (κ2) is 3.65. The molecule has 1 aliphatic rings. The highest BCUT2D eigenvalue weighted by molar-refractivity contribution is 5.80. The first-order chi connectivity index (χ1) is 4.84. The third-order valence-corrected chi connectivity index (χ3v) is 1.54. The minimum absolute atomic E-state index is 0.0169. The fourth-order valence-corrected chi connectivity index (χ4v) is 0.942. The molecule has 0 aliphatic carbocycles. The summed E-state index contributed by atoms with van der Waals surface area (Å²) in [4.78, 5) is 12.6. The van der Waals surface area contributed by atoms with Gasteiger partial charge in [0.15, 0.2) is 13.1 Å². The maximum Gasteiger partial charge on any atom is 0.374 e. The van der Waals surface area contributed by atoms with E-state index in [0.29, 0.717) is 26.3 Å². The Bertz CT molecular complexity index is 121. The average molecular weight is 144 g/mol. The molecule has 57 valence electrons. The van der Waals surface area contributed by atoms with Gasteiger partial charge in [0.2, 0.25) is 0 Å². The molecule has 1 saturated heterocycles. The van der Waals surface area contributed by atoms with E-state index >= 15 is 0 Å². The van der Waals surface area contributed by atoms with E-state index in [4.69, 9.17) is 10.5 Å². The Morgan fingerprint density at radius 1 is 1.50 bits per heavy atom. The molecule has 0 atom stereocenters.